The van der Waals surface area contributed by atoms with Crippen molar-refractivity contribution in [3.8, 4) is 0 Å². The molecule has 1 aliphatic rings. The van der Waals surface area contributed by atoms with Crippen molar-refractivity contribution < 1.29 is 0 Å². The molecule has 3 rings (SSSR count). The molecule has 1 N–H and O–H groups in total. The van der Waals surface area contributed by atoms with Crippen molar-refractivity contribution in [3.63, 3.8) is 0 Å². The van der Waals surface area contributed by atoms with Crippen molar-refractivity contribution in [3.05, 3.63) is 52.8 Å². The molecule has 0 atom stereocenters. The van der Waals surface area contributed by atoms with Crippen LogP contribution in [0.15, 0.2) is 36.4 Å². The lowest BCUT2D eigenvalue weighted by molar-refractivity contribution is 0.738. The van der Waals surface area contributed by atoms with Gasteiger partial charge < -0.3 is 5.32 Å². The summed E-state index contributed by atoms with van der Waals surface area (Å²) in [7, 11) is 0. The Morgan fingerprint density at radius 3 is 2.89 bits per heavy atom. The minimum atomic E-state index is 0.818. The number of rotatable bonds is 3. The second-order valence-electron chi connectivity index (χ2n) is 4.37. The Balaban J connectivity index is 1.75. The zero-order valence-corrected chi connectivity index (χ0v) is 10.9. The minimum Gasteiger partial charge on any atom is -0.312 e. The summed E-state index contributed by atoms with van der Waals surface area (Å²) in [6, 6.07) is 10.4. The second-order valence-corrected chi connectivity index (χ2v) is 5.12. The lowest BCUT2D eigenvalue weighted by atomic mass is 10.1. The highest BCUT2D eigenvalue weighted by atomic mass is 32.1. The number of nitrogens with zero attached hydrogens (tertiary/aromatic N) is 2. The third kappa shape index (κ3) is 2.66. The topological polar surface area (TPSA) is 37.8 Å². The molecule has 1 aromatic carbocycles. The van der Waals surface area contributed by atoms with E-state index in [9.17, 15) is 0 Å². The van der Waals surface area contributed by atoms with Gasteiger partial charge in [-0.15, -0.1) is 0 Å². The van der Waals surface area contributed by atoms with Crippen LogP contribution in [0, 0.1) is 0 Å². The Kier molecular flexibility index (Phi) is 3.48. The van der Waals surface area contributed by atoms with Crippen molar-refractivity contribution in [2.24, 2.45) is 0 Å². The van der Waals surface area contributed by atoms with E-state index in [-0.39, 0.29) is 0 Å². The van der Waals surface area contributed by atoms with Crippen LogP contribution in [0.2, 0.25) is 0 Å². The van der Waals surface area contributed by atoms with E-state index < -0.39 is 0 Å². The molecule has 3 nitrogen and oxygen atoms in total. The van der Waals surface area contributed by atoms with Crippen molar-refractivity contribution in [1.82, 2.24) is 14.7 Å². The smallest absolute Gasteiger partial charge is 0.147 e. The van der Waals surface area contributed by atoms with Gasteiger partial charge >= 0.3 is 0 Å². The normalized spacial score (nSPS) is 15.4. The molecular weight excluding hydrogens is 242 g/mol. The molecule has 0 saturated heterocycles. The average Bonchev–Trinajstić information content (AvgIpc) is 2.89. The summed E-state index contributed by atoms with van der Waals surface area (Å²) in [4.78, 5) is 4.63. The summed E-state index contributed by atoms with van der Waals surface area (Å²) in [5.74, 6) is 0.924. The maximum atomic E-state index is 4.63. The zero-order valence-electron chi connectivity index (χ0n) is 10.1. The van der Waals surface area contributed by atoms with Crippen LogP contribution in [-0.4, -0.2) is 22.4 Å². The van der Waals surface area contributed by atoms with E-state index in [4.69, 9.17) is 0 Å². The van der Waals surface area contributed by atoms with Gasteiger partial charge in [0, 0.05) is 13.0 Å². The van der Waals surface area contributed by atoms with Gasteiger partial charge in [0.25, 0.3) is 0 Å². The lowest BCUT2D eigenvalue weighted by Gasteiger charge is -2.10. The predicted octanol–water partition coefficient (Wildman–Crippen LogP) is 2.51. The van der Waals surface area contributed by atoms with Crippen LogP contribution in [0.1, 0.15) is 22.8 Å². The van der Waals surface area contributed by atoms with Crippen molar-refractivity contribution in [2.75, 3.05) is 13.1 Å². The number of aromatic nitrogens is 2. The fourth-order valence-corrected chi connectivity index (χ4v) is 2.76. The minimum absolute atomic E-state index is 0.818. The number of hydrogen-bond donors (Lipinski definition) is 1. The zero-order chi connectivity index (χ0) is 12.2. The lowest BCUT2D eigenvalue weighted by Crippen LogP contribution is -2.21. The fraction of sp³-hybridized carbons (Fsp3) is 0.286. The van der Waals surface area contributed by atoms with Crippen molar-refractivity contribution >= 4 is 17.1 Å². The molecule has 1 aromatic heterocycles. The summed E-state index contributed by atoms with van der Waals surface area (Å²) in [5.41, 5.74) is 2.55. The largest absolute Gasteiger partial charge is 0.312 e. The molecule has 0 amide bonds. The molecule has 2 heterocycles. The Morgan fingerprint density at radius 1 is 1.22 bits per heavy atom. The molecule has 2 aromatic rings. The predicted molar refractivity (Wildman–Crippen MR) is 74.6 cm³/mol. The highest BCUT2D eigenvalue weighted by Gasteiger charge is 2.11. The first-order valence-electron chi connectivity index (χ1n) is 6.18. The maximum Gasteiger partial charge on any atom is 0.147 e. The van der Waals surface area contributed by atoms with Gasteiger partial charge in [0.2, 0.25) is 0 Å². The highest BCUT2D eigenvalue weighted by Crippen LogP contribution is 2.19. The van der Waals surface area contributed by atoms with Gasteiger partial charge in [0.05, 0.1) is 0 Å². The third-order valence-corrected chi connectivity index (χ3v) is 3.80. The molecule has 18 heavy (non-hydrogen) atoms. The monoisotopic (exact) mass is 257 g/mol. The second kappa shape index (κ2) is 5.42. The van der Waals surface area contributed by atoms with Gasteiger partial charge in [-0.1, -0.05) is 36.4 Å². The summed E-state index contributed by atoms with van der Waals surface area (Å²) in [6.07, 6.45) is 4.17. The summed E-state index contributed by atoms with van der Waals surface area (Å²) >= 11 is 1.51. The van der Waals surface area contributed by atoms with Crippen LogP contribution in [0.4, 0.5) is 0 Å². The van der Waals surface area contributed by atoms with Gasteiger partial charge in [0.1, 0.15) is 10.8 Å². The van der Waals surface area contributed by atoms with Gasteiger partial charge in [0.15, 0.2) is 0 Å². The Hall–Kier alpha value is -1.52. The van der Waals surface area contributed by atoms with E-state index in [1.165, 1.54) is 22.7 Å². The third-order valence-electron chi connectivity index (χ3n) is 2.98. The molecule has 92 valence electrons. The Morgan fingerprint density at radius 2 is 2.11 bits per heavy atom. The molecule has 0 fully saturated rings. The molecule has 0 spiro atoms. The van der Waals surface area contributed by atoms with Gasteiger partial charge in [-0.3, -0.25) is 0 Å². The summed E-state index contributed by atoms with van der Waals surface area (Å²) < 4.78 is 4.45. The van der Waals surface area contributed by atoms with E-state index in [1.807, 2.05) is 6.07 Å². The van der Waals surface area contributed by atoms with Crippen LogP contribution in [0.25, 0.3) is 5.57 Å². The Bertz CT molecular complexity index is 545. The first-order valence-corrected chi connectivity index (χ1v) is 6.96. The van der Waals surface area contributed by atoms with Crippen LogP contribution >= 0.6 is 11.5 Å². The first-order chi connectivity index (χ1) is 8.92. The molecular formula is C14H15N3S. The van der Waals surface area contributed by atoms with Crippen LogP contribution in [-0.2, 0) is 6.42 Å². The van der Waals surface area contributed by atoms with E-state index in [1.54, 1.807) is 0 Å². The van der Waals surface area contributed by atoms with E-state index in [0.29, 0.717) is 0 Å². The molecule has 0 unspecified atom stereocenters. The molecule has 0 bridgehead atoms. The van der Waals surface area contributed by atoms with E-state index >= 15 is 0 Å². The quantitative estimate of drug-likeness (QED) is 0.918. The van der Waals surface area contributed by atoms with Crippen LogP contribution in [0.3, 0.4) is 0 Å². The SMILES string of the molecule is C1=C(c2nc(Cc3ccccc3)ns2)CNCC1. The number of hydrogen-bond acceptors (Lipinski definition) is 4. The van der Waals surface area contributed by atoms with Gasteiger partial charge in [-0.25, -0.2) is 4.98 Å². The molecule has 1 aliphatic heterocycles. The average molecular weight is 257 g/mol. The standard InChI is InChI=1S/C14H15N3S/c1-2-5-11(6-3-1)9-13-16-14(18-17-13)12-7-4-8-15-10-12/h1-3,5-7,15H,4,8-10H2. The molecule has 0 radical (unpaired) electrons. The van der Waals surface area contributed by atoms with Crippen molar-refractivity contribution in [2.45, 2.75) is 12.8 Å². The van der Waals surface area contributed by atoms with Gasteiger partial charge in [-0.05, 0) is 35.6 Å². The number of nitrogens with one attached hydrogen (secondary N) is 1. The van der Waals surface area contributed by atoms with Gasteiger partial charge in [-0.2, -0.15) is 4.37 Å². The fourth-order valence-electron chi connectivity index (χ4n) is 2.04. The van der Waals surface area contributed by atoms with E-state index in [0.717, 1.165) is 36.8 Å². The summed E-state index contributed by atoms with van der Waals surface area (Å²) in [5, 5.41) is 4.43. The maximum absolute atomic E-state index is 4.63. The number of benzene rings is 1. The van der Waals surface area contributed by atoms with Crippen molar-refractivity contribution in [1.29, 1.82) is 0 Å². The molecule has 4 heteroatoms. The van der Waals surface area contributed by atoms with E-state index in [2.05, 4.69) is 45.0 Å². The van der Waals surface area contributed by atoms with Crippen LogP contribution in [0.5, 0.6) is 0 Å². The highest BCUT2D eigenvalue weighted by molar-refractivity contribution is 7.06. The summed E-state index contributed by atoms with van der Waals surface area (Å²) in [6.45, 7) is 1.99. The molecule has 0 saturated carbocycles. The Labute approximate surface area is 111 Å². The molecule has 0 aliphatic carbocycles. The first kappa shape index (κ1) is 11.6. The van der Waals surface area contributed by atoms with Crippen LogP contribution < -0.4 is 5.32 Å².